The number of ether oxygens (including phenoxy) is 1. The summed E-state index contributed by atoms with van der Waals surface area (Å²) in [5.41, 5.74) is 5.94. The number of rotatable bonds is 7. The van der Waals surface area contributed by atoms with Crippen molar-refractivity contribution in [3.8, 4) is 5.88 Å². The number of carbonyl (C=O) groups excluding carboxylic acids is 1. The van der Waals surface area contributed by atoms with E-state index in [4.69, 9.17) is 16.3 Å². The monoisotopic (exact) mass is 388 g/mol. The van der Waals surface area contributed by atoms with Gasteiger partial charge in [0.05, 0.1) is 12.3 Å². The van der Waals surface area contributed by atoms with E-state index in [0.29, 0.717) is 40.9 Å². The first-order chi connectivity index (χ1) is 12.7. The second-order valence-corrected chi connectivity index (χ2v) is 7.38. The lowest BCUT2D eigenvalue weighted by molar-refractivity contribution is 0.103. The van der Waals surface area contributed by atoms with Crippen LogP contribution in [0, 0.1) is 13.8 Å². The van der Waals surface area contributed by atoms with Crippen molar-refractivity contribution < 1.29 is 9.53 Å². The van der Waals surface area contributed by atoms with E-state index in [1.165, 1.54) is 5.57 Å². The molecule has 0 aliphatic heterocycles. The third kappa shape index (κ3) is 4.11. The molecular formula is C22H29ClN2O2. The molecule has 0 atom stereocenters. The quantitative estimate of drug-likeness (QED) is 0.546. The van der Waals surface area contributed by atoms with Crippen LogP contribution in [0.2, 0.25) is 5.02 Å². The Bertz CT molecular complexity index is 890. The Hall–Kier alpha value is -2.07. The summed E-state index contributed by atoms with van der Waals surface area (Å²) < 4.78 is 7.60. The third-order valence-corrected chi connectivity index (χ3v) is 5.12. The molecule has 2 rings (SSSR count). The minimum absolute atomic E-state index is 0.0738. The molecule has 1 aromatic carbocycles. The summed E-state index contributed by atoms with van der Waals surface area (Å²) in [4.78, 5) is 13.5. The van der Waals surface area contributed by atoms with Gasteiger partial charge in [0.1, 0.15) is 5.56 Å². The van der Waals surface area contributed by atoms with E-state index >= 15 is 0 Å². The highest BCUT2D eigenvalue weighted by Crippen LogP contribution is 2.34. The molecule has 146 valence electrons. The zero-order valence-electron chi connectivity index (χ0n) is 17.4. The number of carbonyl (C=O) groups is 1. The van der Waals surface area contributed by atoms with E-state index < -0.39 is 0 Å². The van der Waals surface area contributed by atoms with Crippen molar-refractivity contribution in [2.75, 3.05) is 6.61 Å². The van der Waals surface area contributed by atoms with E-state index in [1.807, 2.05) is 41.5 Å². The number of benzene rings is 1. The fraction of sp³-hybridized carbons (Fsp3) is 0.455. The van der Waals surface area contributed by atoms with Crippen LogP contribution in [0.25, 0.3) is 5.57 Å². The van der Waals surface area contributed by atoms with E-state index in [0.717, 1.165) is 23.1 Å². The number of nitrogens with zero attached hydrogens (tertiary/aromatic N) is 2. The van der Waals surface area contributed by atoms with E-state index in [9.17, 15) is 4.79 Å². The largest absolute Gasteiger partial charge is 0.478 e. The molecule has 5 heteroatoms. The van der Waals surface area contributed by atoms with Gasteiger partial charge in [-0.3, -0.25) is 4.79 Å². The zero-order chi connectivity index (χ0) is 20.3. The molecule has 4 nitrogen and oxygen atoms in total. The smallest absolute Gasteiger partial charge is 0.223 e. The molecule has 1 heterocycles. The Kier molecular flexibility index (Phi) is 6.88. The normalized spacial score (nSPS) is 10.8. The number of aryl methyl sites for hydroxylation is 2. The highest BCUT2D eigenvalue weighted by atomic mass is 35.5. The predicted molar refractivity (Wildman–Crippen MR) is 112 cm³/mol. The molecule has 27 heavy (non-hydrogen) atoms. The van der Waals surface area contributed by atoms with Crippen LogP contribution in [0.5, 0.6) is 5.88 Å². The summed E-state index contributed by atoms with van der Waals surface area (Å²) >= 11 is 6.46. The number of hydrogen-bond acceptors (Lipinski definition) is 3. The Balaban J connectivity index is 2.66. The Morgan fingerprint density at radius 1 is 1.15 bits per heavy atom. The van der Waals surface area contributed by atoms with E-state index in [2.05, 4.69) is 12.0 Å². The summed E-state index contributed by atoms with van der Waals surface area (Å²) in [6.45, 7) is 15.1. The Labute approximate surface area is 167 Å². The van der Waals surface area contributed by atoms with Crippen molar-refractivity contribution in [1.29, 1.82) is 0 Å². The average molecular weight is 389 g/mol. The maximum atomic E-state index is 13.5. The molecule has 0 fully saturated rings. The molecule has 0 aliphatic rings. The number of aromatic nitrogens is 2. The predicted octanol–water partition coefficient (Wildman–Crippen LogP) is 6.01. The molecule has 0 amide bonds. The molecule has 0 aliphatic carbocycles. The minimum Gasteiger partial charge on any atom is -0.478 e. The van der Waals surface area contributed by atoms with Crippen LogP contribution in [0.1, 0.15) is 73.8 Å². The maximum absolute atomic E-state index is 13.5. The molecule has 0 N–H and O–H groups in total. The first-order valence-electron chi connectivity index (χ1n) is 9.42. The van der Waals surface area contributed by atoms with Gasteiger partial charge in [0.25, 0.3) is 0 Å². The molecular weight excluding hydrogens is 360 g/mol. The first-order valence-corrected chi connectivity index (χ1v) is 9.80. The summed E-state index contributed by atoms with van der Waals surface area (Å²) in [7, 11) is 0. The van der Waals surface area contributed by atoms with Gasteiger partial charge in [0, 0.05) is 17.1 Å². The van der Waals surface area contributed by atoms with Gasteiger partial charge in [-0.2, -0.15) is 5.10 Å². The zero-order valence-corrected chi connectivity index (χ0v) is 18.1. The molecule has 1 aromatic heterocycles. The molecule has 0 radical (unpaired) electrons. The topological polar surface area (TPSA) is 44.1 Å². The Morgan fingerprint density at radius 2 is 1.81 bits per heavy atom. The second-order valence-electron chi connectivity index (χ2n) is 6.97. The Morgan fingerprint density at radius 3 is 2.37 bits per heavy atom. The summed E-state index contributed by atoms with van der Waals surface area (Å²) in [6.07, 6.45) is 0.915. The van der Waals surface area contributed by atoms with Crippen LogP contribution in [0.3, 0.4) is 0 Å². The number of allylic oxidation sites excluding steroid dienone is 2. The summed E-state index contributed by atoms with van der Waals surface area (Å²) in [5.74, 6) is 0.479. The summed E-state index contributed by atoms with van der Waals surface area (Å²) in [6, 6.07) is 3.60. The molecule has 0 spiro atoms. The number of ketones is 1. The van der Waals surface area contributed by atoms with Crippen LogP contribution >= 0.6 is 11.6 Å². The molecule has 0 saturated heterocycles. The lowest BCUT2D eigenvalue weighted by Crippen LogP contribution is -2.10. The van der Waals surface area contributed by atoms with Gasteiger partial charge in [0.2, 0.25) is 11.7 Å². The van der Waals surface area contributed by atoms with Crippen molar-refractivity contribution >= 4 is 23.0 Å². The van der Waals surface area contributed by atoms with Crippen molar-refractivity contribution in [1.82, 2.24) is 9.78 Å². The molecule has 0 saturated carbocycles. The van der Waals surface area contributed by atoms with Gasteiger partial charge in [-0.1, -0.05) is 24.1 Å². The first kappa shape index (κ1) is 21.2. The van der Waals surface area contributed by atoms with E-state index in [-0.39, 0.29) is 5.78 Å². The van der Waals surface area contributed by atoms with Crippen LogP contribution < -0.4 is 4.74 Å². The lowest BCUT2D eigenvalue weighted by atomic mass is 9.91. The fourth-order valence-electron chi connectivity index (χ4n) is 3.24. The van der Waals surface area contributed by atoms with Gasteiger partial charge in [-0.25, -0.2) is 4.68 Å². The number of hydrogen-bond donors (Lipinski definition) is 0. The van der Waals surface area contributed by atoms with Gasteiger partial charge in [-0.15, -0.1) is 0 Å². The van der Waals surface area contributed by atoms with Crippen molar-refractivity contribution in [3.63, 3.8) is 0 Å². The van der Waals surface area contributed by atoms with Crippen LogP contribution in [-0.4, -0.2) is 22.2 Å². The van der Waals surface area contributed by atoms with Crippen LogP contribution in [0.15, 0.2) is 17.7 Å². The lowest BCUT2D eigenvalue weighted by Gasteiger charge is -2.15. The standard InChI is InChI=1S/C22H29ClN2O2/c1-8-12-25-22(27-9-2)20(16(7)24-25)21(26)17-10-11-18(23)19(15(17)6)14(5)13(3)4/h10-11H,8-9,12H2,1-7H3. The minimum atomic E-state index is -0.0738. The number of halogens is 1. The van der Waals surface area contributed by atoms with Crippen molar-refractivity contribution in [2.45, 2.75) is 61.4 Å². The SMILES string of the molecule is CCCn1nc(C)c(C(=O)c2ccc(Cl)c(C(C)=C(C)C)c2C)c1OCC. The molecule has 2 aromatic rings. The highest BCUT2D eigenvalue weighted by molar-refractivity contribution is 6.32. The van der Waals surface area contributed by atoms with Gasteiger partial charge in [0.15, 0.2) is 0 Å². The fourth-order valence-corrected chi connectivity index (χ4v) is 3.58. The maximum Gasteiger partial charge on any atom is 0.223 e. The molecule has 0 unspecified atom stereocenters. The molecule has 0 bridgehead atoms. The summed E-state index contributed by atoms with van der Waals surface area (Å²) in [5, 5.41) is 5.19. The van der Waals surface area contributed by atoms with Crippen molar-refractivity contribution in [3.05, 3.63) is 50.7 Å². The second kappa shape index (κ2) is 8.75. The van der Waals surface area contributed by atoms with Gasteiger partial charge < -0.3 is 4.74 Å². The third-order valence-electron chi connectivity index (χ3n) is 4.81. The van der Waals surface area contributed by atoms with Gasteiger partial charge in [-0.05, 0) is 76.8 Å². The average Bonchev–Trinajstić information content (AvgIpc) is 2.90. The van der Waals surface area contributed by atoms with Crippen LogP contribution in [-0.2, 0) is 6.54 Å². The van der Waals surface area contributed by atoms with Crippen LogP contribution in [0.4, 0.5) is 0 Å². The van der Waals surface area contributed by atoms with Gasteiger partial charge >= 0.3 is 0 Å². The van der Waals surface area contributed by atoms with Crippen molar-refractivity contribution in [2.24, 2.45) is 0 Å². The van der Waals surface area contributed by atoms with E-state index in [1.54, 1.807) is 16.8 Å². The highest BCUT2D eigenvalue weighted by Gasteiger charge is 2.26.